The maximum atomic E-state index is 10.6. The molecule has 0 spiro atoms. The van der Waals surface area contributed by atoms with Crippen molar-refractivity contribution in [3.05, 3.63) is 62.8 Å². The summed E-state index contributed by atoms with van der Waals surface area (Å²) in [5.74, 6) is 0.832. The molecule has 4 heteroatoms. The highest BCUT2D eigenvalue weighted by molar-refractivity contribution is 9.10. The molecule has 0 saturated heterocycles. The monoisotopic (exact) mass is 362 g/mol. The van der Waals surface area contributed by atoms with Crippen molar-refractivity contribution in [2.24, 2.45) is 0 Å². The molecule has 0 fully saturated rings. The summed E-state index contributed by atoms with van der Waals surface area (Å²) in [5.41, 5.74) is 0.937. The molecule has 3 aromatic rings. The first-order valence-electron chi connectivity index (χ1n) is 6.66. The van der Waals surface area contributed by atoms with Gasteiger partial charge in [-0.25, -0.2) is 0 Å². The second-order valence-corrected chi connectivity index (χ2v) is 6.67. The van der Waals surface area contributed by atoms with E-state index in [9.17, 15) is 5.11 Å². The lowest BCUT2D eigenvalue weighted by Gasteiger charge is -2.15. The summed E-state index contributed by atoms with van der Waals surface area (Å²) in [6.07, 6.45) is 0.0740. The molecule has 0 saturated carbocycles. The van der Waals surface area contributed by atoms with Gasteiger partial charge in [0.05, 0.1) is 13.2 Å². The van der Waals surface area contributed by atoms with Gasteiger partial charge in [-0.05, 0) is 44.4 Å². The number of ether oxygens (including phenoxy) is 1. The molecule has 1 unspecified atom stereocenters. The molecular weight excluding hydrogens is 348 g/mol. The minimum atomic E-state index is -0.532. The Bertz CT molecular complexity index is 766. The van der Waals surface area contributed by atoms with Gasteiger partial charge in [-0.15, -0.1) is 11.3 Å². The number of rotatable bonds is 4. The van der Waals surface area contributed by atoms with Gasteiger partial charge < -0.3 is 9.84 Å². The molecule has 0 aliphatic carbocycles. The first-order chi connectivity index (χ1) is 10.2. The van der Waals surface area contributed by atoms with Gasteiger partial charge in [0.2, 0.25) is 0 Å². The SMILES string of the molecule is COc1ccc(C(O)Cc2sccc2Br)c2ccccc12. The number of fused-ring (bicyclic) bond motifs is 1. The van der Waals surface area contributed by atoms with Crippen molar-refractivity contribution in [2.45, 2.75) is 12.5 Å². The molecule has 0 radical (unpaired) electrons. The first kappa shape index (κ1) is 14.6. The van der Waals surface area contributed by atoms with Crippen molar-refractivity contribution in [2.75, 3.05) is 7.11 Å². The van der Waals surface area contributed by atoms with Crippen LogP contribution in [0, 0.1) is 0 Å². The van der Waals surface area contributed by atoms with E-state index in [1.54, 1.807) is 18.4 Å². The standard InChI is InChI=1S/C17H15BrO2S/c1-20-16-7-6-12(11-4-2-3-5-13(11)16)15(19)10-17-14(18)8-9-21-17/h2-9,15,19H,10H2,1H3. The molecule has 0 aliphatic rings. The second-order valence-electron chi connectivity index (χ2n) is 4.81. The zero-order chi connectivity index (χ0) is 14.8. The van der Waals surface area contributed by atoms with E-state index in [1.165, 1.54) is 0 Å². The average Bonchev–Trinajstić information content (AvgIpc) is 2.91. The van der Waals surface area contributed by atoms with Gasteiger partial charge in [0.15, 0.2) is 0 Å². The van der Waals surface area contributed by atoms with Gasteiger partial charge in [-0.3, -0.25) is 0 Å². The summed E-state index contributed by atoms with van der Waals surface area (Å²) in [7, 11) is 1.67. The van der Waals surface area contributed by atoms with E-state index in [0.29, 0.717) is 6.42 Å². The van der Waals surface area contributed by atoms with Crippen LogP contribution in [0.3, 0.4) is 0 Å². The zero-order valence-electron chi connectivity index (χ0n) is 11.5. The number of halogens is 1. The molecule has 3 rings (SSSR count). The Balaban J connectivity index is 2.02. The minimum absolute atomic E-state index is 0.532. The molecule has 1 aromatic heterocycles. The summed E-state index contributed by atoms with van der Waals surface area (Å²) in [6.45, 7) is 0. The molecule has 2 aromatic carbocycles. The largest absolute Gasteiger partial charge is 0.496 e. The van der Waals surface area contributed by atoms with Crippen LogP contribution in [0.5, 0.6) is 5.75 Å². The van der Waals surface area contributed by atoms with Crippen LogP contribution in [-0.4, -0.2) is 12.2 Å². The van der Waals surface area contributed by atoms with Gasteiger partial charge in [0.1, 0.15) is 5.75 Å². The summed E-state index contributed by atoms with van der Waals surface area (Å²) < 4.78 is 6.46. The topological polar surface area (TPSA) is 29.5 Å². The fourth-order valence-electron chi connectivity index (χ4n) is 2.52. The smallest absolute Gasteiger partial charge is 0.126 e. The van der Waals surface area contributed by atoms with Crippen LogP contribution in [-0.2, 0) is 6.42 Å². The quantitative estimate of drug-likeness (QED) is 0.711. The lowest BCUT2D eigenvalue weighted by molar-refractivity contribution is 0.181. The predicted molar refractivity (Wildman–Crippen MR) is 91.2 cm³/mol. The number of benzene rings is 2. The molecule has 0 bridgehead atoms. The van der Waals surface area contributed by atoms with Gasteiger partial charge in [-0.1, -0.05) is 30.3 Å². The van der Waals surface area contributed by atoms with Crippen molar-refractivity contribution in [3.8, 4) is 5.75 Å². The fraction of sp³-hybridized carbons (Fsp3) is 0.176. The number of thiophene rings is 1. The van der Waals surface area contributed by atoms with Gasteiger partial charge in [0, 0.05) is 21.2 Å². The van der Waals surface area contributed by atoms with E-state index in [2.05, 4.69) is 15.9 Å². The van der Waals surface area contributed by atoms with Crippen molar-refractivity contribution in [1.29, 1.82) is 0 Å². The van der Waals surface area contributed by atoms with E-state index in [-0.39, 0.29) is 0 Å². The van der Waals surface area contributed by atoms with E-state index < -0.39 is 6.10 Å². The lowest BCUT2D eigenvalue weighted by Crippen LogP contribution is -2.02. The number of aliphatic hydroxyl groups is 1. The Morgan fingerprint density at radius 3 is 2.57 bits per heavy atom. The molecule has 1 N–H and O–H groups in total. The third-order valence-electron chi connectivity index (χ3n) is 3.57. The highest BCUT2D eigenvalue weighted by Gasteiger charge is 2.16. The Kier molecular flexibility index (Phi) is 4.29. The summed E-state index contributed by atoms with van der Waals surface area (Å²) in [5, 5.41) is 14.7. The number of aliphatic hydroxyl groups excluding tert-OH is 1. The number of hydrogen-bond donors (Lipinski definition) is 1. The second kappa shape index (κ2) is 6.18. The van der Waals surface area contributed by atoms with Crippen LogP contribution >= 0.6 is 27.3 Å². The molecule has 0 aliphatic heterocycles. The third kappa shape index (κ3) is 2.84. The van der Waals surface area contributed by atoms with Crippen molar-refractivity contribution < 1.29 is 9.84 Å². The van der Waals surface area contributed by atoms with Gasteiger partial charge in [-0.2, -0.15) is 0 Å². The van der Waals surface area contributed by atoms with Gasteiger partial charge >= 0.3 is 0 Å². The van der Waals surface area contributed by atoms with Crippen LogP contribution in [0.2, 0.25) is 0 Å². The molecule has 108 valence electrons. The molecule has 21 heavy (non-hydrogen) atoms. The Morgan fingerprint density at radius 1 is 1.14 bits per heavy atom. The first-order valence-corrected chi connectivity index (χ1v) is 8.33. The molecule has 1 atom stereocenters. The summed E-state index contributed by atoms with van der Waals surface area (Å²) >= 11 is 5.17. The lowest BCUT2D eigenvalue weighted by atomic mass is 9.97. The molecule has 2 nitrogen and oxygen atoms in total. The van der Waals surface area contributed by atoms with Crippen molar-refractivity contribution in [3.63, 3.8) is 0 Å². The van der Waals surface area contributed by atoms with E-state index in [4.69, 9.17) is 4.74 Å². The summed E-state index contributed by atoms with van der Waals surface area (Å²) in [4.78, 5) is 1.15. The average molecular weight is 363 g/mol. The Hall–Kier alpha value is -1.36. The van der Waals surface area contributed by atoms with Crippen LogP contribution in [0.15, 0.2) is 52.3 Å². The number of methoxy groups -OCH3 is 1. The van der Waals surface area contributed by atoms with Crippen molar-refractivity contribution in [1.82, 2.24) is 0 Å². The van der Waals surface area contributed by atoms with E-state index in [1.807, 2.05) is 47.8 Å². The maximum absolute atomic E-state index is 10.6. The van der Waals surface area contributed by atoms with Crippen molar-refractivity contribution >= 4 is 38.0 Å². The maximum Gasteiger partial charge on any atom is 0.126 e. The minimum Gasteiger partial charge on any atom is -0.496 e. The van der Waals surface area contributed by atoms with Crippen LogP contribution in [0.4, 0.5) is 0 Å². The van der Waals surface area contributed by atoms with E-state index in [0.717, 1.165) is 31.4 Å². The molecule has 0 amide bonds. The normalized spacial score (nSPS) is 12.5. The Labute approximate surface area is 136 Å². The molecular formula is C17H15BrO2S. The van der Waals surface area contributed by atoms with Crippen LogP contribution in [0.25, 0.3) is 10.8 Å². The number of hydrogen-bond acceptors (Lipinski definition) is 3. The molecule has 1 heterocycles. The zero-order valence-corrected chi connectivity index (χ0v) is 13.9. The van der Waals surface area contributed by atoms with E-state index >= 15 is 0 Å². The van der Waals surface area contributed by atoms with Crippen LogP contribution < -0.4 is 4.74 Å². The summed E-state index contributed by atoms with van der Waals surface area (Å²) in [6, 6.07) is 13.9. The predicted octanol–water partition coefficient (Wildman–Crippen LogP) is 4.95. The Morgan fingerprint density at radius 2 is 1.90 bits per heavy atom. The highest BCUT2D eigenvalue weighted by Crippen LogP contribution is 2.34. The third-order valence-corrected chi connectivity index (χ3v) is 5.52. The van der Waals surface area contributed by atoms with Crippen LogP contribution in [0.1, 0.15) is 16.5 Å². The highest BCUT2D eigenvalue weighted by atomic mass is 79.9. The fourth-order valence-corrected chi connectivity index (χ4v) is 4.07. The van der Waals surface area contributed by atoms with Gasteiger partial charge in [0.25, 0.3) is 0 Å².